The lowest BCUT2D eigenvalue weighted by Crippen LogP contribution is -2.48. The highest BCUT2D eigenvalue weighted by atomic mass is 16.5. The summed E-state index contributed by atoms with van der Waals surface area (Å²) >= 11 is 0. The number of hydrogen-bond donors (Lipinski definition) is 1. The number of esters is 1. The molecular weight excluding hydrogens is 326 g/mol. The molecule has 0 spiro atoms. The average molecular weight is 368 g/mol. The predicted molar refractivity (Wildman–Crippen MR) is 106 cm³/mol. The Bertz CT molecular complexity index is 394. The molecule has 0 aromatic carbocycles. The van der Waals surface area contributed by atoms with Crippen LogP contribution < -0.4 is 0 Å². The summed E-state index contributed by atoms with van der Waals surface area (Å²) in [7, 11) is 0. The Morgan fingerprint density at radius 3 is 2.12 bits per heavy atom. The Balaban J connectivity index is 2.05. The summed E-state index contributed by atoms with van der Waals surface area (Å²) in [6.07, 6.45) is 13.0. The van der Waals surface area contributed by atoms with Gasteiger partial charge < -0.3 is 14.7 Å². The summed E-state index contributed by atoms with van der Waals surface area (Å²) in [5.41, 5.74) is -0.852. The van der Waals surface area contributed by atoms with Crippen LogP contribution in [0.1, 0.15) is 90.9 Å². The maximum absolute atomic E-state index is 13.1. The van der Waals surface area contributed by atoms with Gasteiger partial charge in [-0.25, -0.2) is 0 Å². The standard InChI is InChI=1S/C22H41NO3/c1-3-23(4-2)17-18-26-21(24)20(19-13-9-8-10-14-19)22(25)15-11-6-5-7-12-16-22/h19-20,25H,3-18H2,1-2H3. The molecule has 2 saturated carbocycles. The lowest BCUT2D eigenvalue weighted by Gasteiger charge is -2.41. The van der Waals surface area contributed by atoms with Crippen molar-refractivity contribution in [2.24, 2.45) is 11.8 Å². The molecular formula is C22H41NO3. The molecule has 152 valence electrons. The lowest BCUT2D eigenvalue weighted by atomic mass is 9.68. The van der Waals surface area contributed by atoms with Gasteiger partial charge in [0.15, 0.2) is 0 Å². The first-order valence-electron chi connectivity index (χ1n) is 11.2. The number of nitrogens with zero attached hydrogens (tertiary/aromatic N) is 1. The van der Waals surface area contributed by atoms with E-state index in [9.17, 15) is 9.90 Å². The molecule has 2 fully saturated rings. The van der Waals surface area contributed by atoms with Crippen LogP contribution in [0.2, 0.25) is 0 Å². The molecule has 1 atom stereocenters. The molecule has 0 aliphatic heterocycles. The molecule has 4 nitrogen and oxygen atoms in total. The van der Waals surface area contributed by atoms with Gasteiger partial charge in [0.25, 0.3) is 0 Å². The van der Waals surface area contributed by atoms with Gasteiger partial charge in [-0.3, -0.25) is 4.79 Å². The van der Waals surface area contributed by atoms with Gasteiger partial charge in [-0.15, -0.1) is 0 Å². The molecule has 2 rings (SSSR count). The zero-order chi connectivity index (χ0) is 18.8. The summed E-state index contributed by atoms with van der Waals surface area (Å²) in [4.78, 5) is 15.4. The summed E-state index contributed by atoms with van der Waals surface area (Å²) in [6.45, 7) is 7.45. The van der Waals surface area contributed by atoms with Crippen molar-refractivity contribution in [3.8, 4) is 0 Å². The topological polar surface area (TPSA) is 49.8 Å². The minimum absolute atomic E-state index is 0.132. The van der Waals surface area contributed by atoms with Crippen molar-refractivity contribution in [1.29, 1.82) is 0 Å². The van der Waals surface area contributed by atoms with Crippen LogP contribution in [0.25, 0.3) is 0 Å². The summed E-state index contributed by atoms with van der Waals surface area (Å²) in [6, 6.07) is 0. The Hall–Kier alpha value is -0.610. The zero-order valence-corrected chi connectivity index (χ0v) is 17.2. The Morgan fingerprint density at radius 2 is 1.54 bits per heavy atom. The normalized spacial score (nSPS) is 23.2. The van der Waals surface area contributed by atoms with Crippen LogP contribution in [-0.2, 0) is 9.53 Å². The van der Waals surface area contributed by atoms with Gasteiger partial charge in [0, 0.05) is 6.54 Å². The first kappa shape index (κ1) is 21.7. The van der Waals surface area contributed by atoms with E-state index >= 15 is 0 Å². The number of hydrogen-bond acceptors (Lipinski definition) is 4. The largest absolute Gasteiger partial charge is 0.464 e. The van der Waals surface area contributed by atoms with Crippen molar-refractivity contribution in [3.63, 3.8) is 0 Å². The zero-order valence-electron chi connectivity index (χ0n) is 17.2. The second-order valence-corrected chi connectivity index (χ2v) is 8.44. The van der Waals surface area contributed by atoms with E-state index in [1.54, 1.807) is 0 Å². The predicted octanol–water partition coefficient (Wildman–Crippen LogP) is 4.54. The molecule has 0 bridgehead atoms. The summed E-state index contributed by atoms with van der Waals surface area (Å²) in [5, 5.41) is 11.5. The number of ether oxygens (including phenoxy) is 1. The fraction of sp³-hybridized carbons (Fsp3) is 0.955. The number of carbonyl (C=O) groups is 1. The van der Waals surface area contributed by atoms with E-state index in [1.807, 2.05) is 0 Å². The first-order chi connectivity index (χ1) is 12.6. The van der Waals surface area contributed by atoms with Crippen molar-refractivity contribution in [2.75, 3.05) is 26.2 Å². The second-order valence-electron chi connectivity index (χ2n) is 8.44. The minimum atomic E-state index is -0.852. The molecule has 2 aliphatic carbocycles. The second kappa shape index (κ2) is 11.3. The van der Waals surface area contributed by atoms with Crippen LogP contribution in [0, 0.1) is 11.8 Å². The monoisotopic (exact) mass is 367 g/mol. The van der Waals surface area contributed by atoms with Crippen LogP contribution in [-0.4, -0.2) is 47.8 Å². The molecule has 2 aliphatic rings. The van der Waals surface area contributed by atoms with Crippen LogP contribution in [0.4, 0.5) is 0 Å². The SMILES string of the molecule is CCN(CC)CCOC(=O)C(C1CCCCC1)C1(O)CCCCCCC1. The molecule has 1 unspecified atom stereocenters. The quantitative estimate of drug-likeness (QED) is 0.640. The molecule has 4 heteroatoms. The van der Waals surface area contributed by atoms with Crippen LogP contribution >= 0.6 is 0 Å². The molecule has 1 N–H and O–H groups in total. The number of aliphatic hydroxyl groups is 1. The highest BCUT2D eigenvalue weighted by Crippen LogP contribution is 2.42. The number of rotatable bonds is 8. The lowest BCUT2D eigenvalue weighted by molar-refractivity contribution is -0.167. The smallest absolute Gasteiger partial charge is 0.312 e. The third-order valence-corrected chi connectivity index (χ3v) is 6.72. The van der Waals surface area contributed by atoms with E-state index in [-0.39, 0.29) is 11.9 Å². The Morgan fingerprint density at radius 1 is 1.00 bits per heavy atom. The molecule has 0 aromatic heterocycles. The van der Waals surface area contributed by atoms with Crippen LogP contribution in [0.3, 0.4) is 0 Å². The molecule has 0 amide bonds. The highest BCUT2D eigenvalue weighted by molar-refractivity contribution is 5.74. The summed E-state index contributed by atoms with van der Waals surface area (Å²) < 4.78 is 5.74. The fourth-order valence-corrected chi connectivity index (χ4v) is 5.05. The third kappa shape index (κ3) is 6.23. The van der Waals surface area contributed by atoms with Crippen LogP contribution in [0.5, 0.6) is 0 Å². The van der Waals surface area contributed by atoms with Crippen molar-refractivity contribution >= 4 is 5.97 Å². The van der Waals surface area contributed by atoms with Gasteiger partial charge in [0.05, 0.1) is 11.5 Å². The van der Waals surface area contributed by atoms with E-state index in [0.29, 0.717) is 12.5 Å². The maximum Gasteiger partial charge on any atom is 0.312 e. The number of likely N-dealkylation sites (N-methyl/N-ethyl adjacent to an activating group) is 1. The highest BCUT2D eigenvalue weighted by Gasteiger charge is 2.46. The van der Waals surface area contributed by atoms with Crippen molar-refractivity contribution in [3.05, 3.63) is 0 Å². The van der Waals surface area contributed by atoms with Gasteiger partial charge in [-0.2, -0.15) is 0 Å². The van der Waals surface area contributed by atoms with E-state index < -0.39 is 5.60 Å². The van der Waals surface area contributed by atoms with Gasteiger partial charge in [0.1, 0.15) is 6.61 Å². The van der Waals surface area contributed by atoms with Crippen molar-refractivity contribution in [1.82, 2.24) is 4.90 Å². The van der Waals surface area contributed by atoms with E-state index in [0.717, 1.165) is 58.2 Å². The third-order valence-electron chi connectivity index (χ3n) is 6.72. The molecule has 26 heavy (non-hydrogen) atoms. The molecule has 0 saturated heterocycles. The van der Waals surface area contributed by atoms with Gasteiger partial charge in [-0.05, 0) is 44.7 Å². The minimum Gasteiger partial charge on any atom is -0.464 e. The van der Waals surface area contributed by atoms with Gasteiger partial charge >= 0.3 is 5.97 Å². The molecule has 0 heterocycles. The van der Waals surface area contributed by atoms with Crippen molar-refractivity contribution < 1.29 is 14.6 Å². The van der Waals surface area contributed by atoms with Gasteiger partial charge in [0.2, 0.25) is 0 Å². The van der Waals surface area contributed by atoms with E-state index in [1.165, 1.54) is 38.5 Å². The Labute approximate surface area is 160 Å². The van der Waals surface area contributed by atoms with Crippen molar-refractivity contribution in [2.45, 2.75) is 96.5 Å². The van der Waals surface area contributed by atoms with Crippen LogP contribution in [0.15, 0.2) is 0 Å². The van der Waals surface area contributed by atoms with E-state index in [2.05, 4.69) is 18.7 Å². The molecule has 0 radical (unpaired) electrons. The first-order valence-corrected chi connectivity index (χ1v) is 11.2. The average Bonchev–Trinajstić information content (AvgIpc) is 2.63. The summed E-state index contributed by atoms with van der Waals surface area (Å²) in [5.74, 6) is -0.154. The molecule has 0 aromatic rings. The fourth-order valence-electron chi connectivity index (χ4n) is 5.05. The van der Waals surface area contributed by atoms with Gasteiger partial charge in [-0.1, -0.05) is 65.2 Å². The van der Waals surface area contributed by atoms with E-state index in [4.69, 9.17) is 4.74 Å². The Kier molecular flexibility index (Phi) is 9.41. The maximum atomic E-state index is 13.1. The number of carbonyl (C=O) groups excluding carboxylic acids is 1.